The first-order chi connectivity index (χ1) is 4.88. The Hall–Kier alpha value is -0.580. The Labute approximate surface area is 71.8 Å². The zero-order chi connectivity index (χ0) is 6.97. The molecule has 3 heteroatoms. The van der Waals surface area contributed by atoms with Gasteiger partial charge in [-0.15, -0.1) is 0 Å². The van der Waals surface area contributed by atoms with E-state index in [2.05, 4.69) is 38.6 Å². The van der Waals surface area contributed by atoms with E-state index in [1.807, 2.05) is 18.6 Å². The number of aromatic amines is 1. The molecule has 0 aliphatic rings. The third-order valence-corrected chi connectivity index (χ3v) is 2.29. The minimum Gasteiger partial charge on any atom is -0.360 e. The second kappa shape index (κ2) is 2.23. The molecule has 0 aromatic carbocycles. The van der Waals surface area contributed by atoms with Gasteiger partial charge in [0.2, 0.25) is 0 Å². The lowest BCUT2D eigenvalue weighted by atomic mass is 10.3. The number of aromatic nitrogens is 2. The molecule has 0 bridgehead atoms. The Kier molecular flexibility index (Phi) is 1.37. The van der Waals surface area contributed by atoms with Crippen LogP contribution in [0.1, 0.15) is 0 Å². The Morgan fingerprint density at radius 2 is 2.30 bits per heavy atom. The minimum atomic E-state index is 1.10. The van der Waals surface area contributed by atoms with Gasteiger partial charge in [0.25, 0.3) is 0 Å². The number of hydrogen-bond acceptors (Lipinski definition) is 1. The molecule has 2 rings (SSSR count). The molecule has 0 saturated carbocycles. The maximum atomic E-state index is 4.05. The summed E-state index contributed by atoms with van der Waals surface area (Å²) in [6.45, 7) is 0. The third kappa shape index (κ3) is 0.811. The molecule has 0 aliphatic heterocycles. The second-order valence-electron chi connectivity index (χ2n) is 2.06. The summed E-state index contributed by atoms with van der Waals surface area (Å²) in [6, 6.07) is 2.05. The minimum absolute atomic E-state index is 1.10. The zero-order valence-corrected chi connectivity index (χ0v) is 7.29. The van der Waals surface area contributed by atoms with Crippen LogP contribution in [0.3, 0.4) is 0 Å². The fourth-order valence-corrected chi connectivity index (χ4v) is 1.58. The number of nitrogens with one attached hydrogen (secondary N) is 1. The van der Waals surface area contributed by atoms with E-state index in [0.29, 0.717) is 0 Å². The van der Waals surface area contributed by atoms with E-state index < -0.39 is 0 Å². The summed E-state index contributed by atoms with van der Waals surface area (Å²) in [4.78, 5) is 7.14. The van der Waals surface area contributed by atoms with Gasteiger partial charge in [0.15, 0.2) is 0 Å². The van der Waals surface area contributed by atoms with Crippen LogP contribution in [-0.2, 0) is 0 Å². The molecular formula is C7H5IN2. The predicted octanol–water partition coefficient (Wildman–Crippen LogP) is 2.17. The van der Waals surface area contributed by atoms with Crippen LogP contribution in [0.5, 0.6) is 0 Å². The Morgan fingerprint density at radius 3 is 3.10 bits per heavy atom. The van der Waals surface area contributed by atoms with Crippen molar-refractivity contribution in [2.45, 2.75) is 0 Å². The number of halogens is 1. The van der Waals surface area contributed by atoms with Crippen molar-refractivity contribution < 1.29 is 0 Å². The lowest BCUT2D eigenvalue weighted by molar-refractivity contribution is 1.32. The van der Waals surface area contributed by atoms with Crippen molar-refractivity contribution in [2.24, 2.45) is 0 Å². The maximum Gasteiger partial charge on any atom is 0.0651 e. The fourth-order valence-electron chi connectivity index (χ4n) is 0.944. The Balaban J connectivity index is 2.95. The van der Waals surface area contributed by atoms with Crippen molar-refractivity contribution in [2.75, 3.05) is 0 Å². The van der Waals surface area contributed by atoms with Crippen LogP contribution in [0, 0.1) is 3.57 Å². The van der Waals surface area contributed by atoms with Crippen molar-refractivity contribution in [1.29, 1.82) is 0 Å². The highest BCUT2D eigenvalue weighted by atomic mass is 127. The molecule has 2 aromatic heterocycles. The first-order valence-electron chi connectivity index (χ1n) is 2.94. The van der Waals surface area contributed by atoms with Crippen molar-refractivity contribution in [3.63, 3.8) is 0 Å². The number of rotatable bonds is 0. The molecule has 0 atom stereocenters. The fraction of sp³-hybridized carbons (Fsp3) is 0. The van der Waals surface area contributed by atoms with Gasteiger partial charge in [-0.1, -0.05) is 0 Å². The van der Waals surface area contributed by atoms with E-state index in [1.165, 1.54) is 8.96 Å². The Bertz CT molecular complexity index is 353. The van der Waals surface area contributed by atoms with Crippen LogP contribution in [0.4, 0.5) is 0 Å². The predicted molar refractivity (Wildman–Crippen MR) is 48.8 cm³/mol. The van der Waals surface area contributed by atoms with E-state index in [4.69, 9.17) is 0 Å². The molecule has 1 N–H and O–H groups in total. The molecule has 0 radical (unpaired) electrons. The number of nitrogens with zero attached hydrogens (tertiary/aromatic N) is 1. The summed E-state index contributed by atoms with van der Waals surface area (Å²) in [6.07, 6.45) is 5.61. The second-order valence-corrected chi connectivity index (χ2v) is 3.22. The highest BCUT2D eigenvalue weighted by Crippen LogP contribution is 2.16. The number of fused-ring (bicyclic) bond motifs is 1. The van der Waals surface area contributed by atoms with E-state index in [1.54, 1.807) is 0 Å². The molecule has 0 unspecified atom stereocenters. The van der Waals surface area contributed by atoms with Crippen LogP contribution < -0.4 is 0 Å². The largest absolute Gasteiger partial charge is 0.360 e. The third-order valence-electron chi connectivity index (χ3n) is 1.43. The van der Waals surface area contributed by atoms with Crippen LogP contribution in [-0.4, -0.2) is 9.97 Å². The van der Waals surface area contributed by atoms with Gasteiger partial charge in [0.1, 0.15) is 0 Å². The van der Waals surface area contributed by atoms with Gasteiger partial charge in [-0.05, 0) is 28.7 Å². The molecule has 0 amide bonds. The summed E-state index contributed by atoms with van der Waals surface area (Å²) < 4.78 is 1.19. The summed E-state index contributed by atoms with van der Waals surface area (Å²) >= 11 is 2.27. The van der Waals surface area contributed by atoms with Gasteiger partial charge < -0.3 is 4.98 Å². The molecule has 0 aliphatic carbocycles. The monoisotopic (exact) mass is 244 g/mol. The van der Waals surface area contributed by atoms with Crippen LogP contribution in [0.15, 0.2) is 24.7 Å². The smallest absolute Gasteiger partial charge is 0.0651 e. The topological polar surface area (TPSA) is 28.7 Å². The van der Waals surface area contributed by atoms with Crippen molar-refractivity contribution >= 4 is 33.5 Å². The lowest BCUT2D eigenvalue weighted by Gasteiger charge is -1.89. The van der Waals surface area contributed by atoms with Crippen molar-refractivity contribution in [1.82, 2.24) is 9.97 Å². The van der Waals surface area contributed by atoms with Crippen LogP contribution in [0.25, 0.3) is 10.9 Å². The zero-order valence-electron chi connectivity index (χ0n) is 5.13. The lowest BCUT2D eigenvalue weighted by Crippen LogP contribution is -1.75. The average molecular weight is 244 g/mol. The molecule has 0 spiro atoms. The van der Waals surface area contributed by atoms with Gasteiger partial charge in [-0.2, -0.15) is 0 Å². The normalized spacial score (nSPS) is 10.5. The number of H-pyrrole nitrogens is 1. The van der Waals surface area contributed by atoms with E-state index in [9.17, 15) is 0 Å². The molecule has 2 nitrogen and oxygen atoms in total. The first-order valence-corrected chi connectivity index (χ1v) is 4.02. The summed E-state index contributed by atoms with van der Waals surface area (Å²) in [5.74, 6) is 0. The van der Waals surface area contributed by atoms with Gasteiger partial charge in [-0.3, -0.25) is 4.98 Å². The summed E-state index contributed by atoms with van der Waals surface area (Å²) in [7, 11) is 0. The number of pyridine rings is 1. The molecule has 2 heterocycles. The molecule has 0 fully saturated rings. The highest BCUT2D eigenvalue weighted by Gasteiger charge is 1.96. The molecule has 2 aromatic rings. The van der Waals surface area contributed by atoms with E-state index >= 15 is 0 Å². The SMILES string of the molecule is Ic1cncc2[nH]ccc12. The summed E-state index contributed by atoms with van der Waals surface area (Å²) in [5, 5.41) is 1.25. The molecule has 10 heavy (non-hydrogen) atoms. The first kappa shape index (κ1) is 6.15. The average Bonchev–Trinajstić information content (AvgIpc) is 2.36. The van der Waals surface area contributed by atoms with E-state index in [0.717, 1.165) is 5.52 Å². The van der Waals surface area contributed by atoms with Crippen LogP contribution >= 0.6 is 22.6 Å². The van der Waals surface area contributed by atoms with Gasteiger partial charge >= 0.3 is 0 Å². The number of hydrogen-bond donors (Lipinski definition) is 1. The van der Waals surface area contributed by atoms with Gasteiger partial charge in [0, 0.05) is 21.4 Å². The molecule has 0 saturated heterocycles. The van der Waals surface area contributed by atoms with Crippen molar-refractivity contribution in [3.05, 3.63) is 28.2 Å². The van der Waals surface area contributed by atoms with E-state index in [-0.39, 0.29) is 0 Å². The van der Waals surface area contributed by atoms with Crippen LogP contribution in [0.2, 0.25) is 0 Å². The van der Waals surface area contributed by atoms with Gasteiger partial charge in [-0.25, -0.2) is 0 Å². The quantitative estimate of drug-likeness (QED) is 0.707. The Morgan fingerprint density at radius 1 is 1.40 bits per heavy atom. The van der Waals surface area contributed by atoms with Gasteiger partial charge in [0.05, 0.1) is 11.7 Å². The standard InChI is InChI=1S/C7H5IN2/c8-6-3-9-4-7-5(6)1-2-10-7/h1-4,10H. The van der Waals surface area contributed by atoms with Crippen molar-refractivity contribution in [3.8, 4) is 0 Å². The molecular weight excluding hydrogens is 239 g/mol. The maximum absolute atomic E-state index is 4.05. The summed E-state index contributed by atoms with van der Waals surface area (Å²) in [5.41, 5.74) is 1.10. The molecule has 50 valence electrons. The highest BCUT2D eigenvalue weighted by molar-refractivity contribution is 14.1.